The molecular formula is C15H16N4O2. The summed E-state index contributed by atoms with van der Waals surface area (Å²) in [5.41, 5.74) is 3.25. The second kappa shape index (κ2) is 5.05. The number of rotatable bonds is 3. The van der Waals surface area contributed by atoms with Gasteiger partial charge in [-0.05, 0) is 26.0 Å². The highest BCUT2D eigenvalue weighted by Gasteiger charge is 2.17. The van der Waals surface area contributed by atoms with Crippen LogP contribution >= 0.6 is 0 Å². The zero-order chi connectivity index (χ0) is 15.0. The number of hydrogen-bond donors (Lipinski definition) is 1. The highest BCUT2D eigenvalue weighted by Crippen LogP contribution is 2.17. The summed E-state index contributed by atoms with van der Waals surface area (Å²) in [5.74, 6) is 0.697. The van der Waals surface area contributed by atoms with Gasteiger partial charge in [0.15, 0.2) is 0 Å². The van der Waals surface area contributed by atoms with Crippen molar-refractivity contribution >= 4 is 16.8 Å². The molecule has 0 saturated carbocycles. The molecule has 0 unspecified atom stereocenters. The predicted octanol–water partition coefficient (Wildman–Crippen LogP) is 2.44. The van der Waals surface area contributed by atoms with Crippen molar-refractivity contribution in [3.05, 3.63) is 47.0 Å². The fourth-order valence-electron chi connectivity index (χ4n) is 2.33. The number of hydrogen-bond acceptors (Lipinski definition) is 4. The van der Waals surface area contributed by atoms with Crippen LogP contribution in [0.3, 0.4) is 0 Å². The van der Waals surface area contributed by atoms with Crippen molar-refractivity contribution in [1.82, 2.24) is 20.3 Å². The Morgan fingerprint density at radius 3 is 2.90 bits per heavy atom. The van der Waals surface area contributed by atoms with Crippen LogP contribution in [-0.2, 0) is 6.54 Å². The molecule has 1 amide bonds. The monoisotopic (exact) mass is 284 g/mol. The third kappa shape index (κ3) is 2.40. The molecule has 3 rings (SSSR count). The molecule has 0 spiro atoms. The van der Waals surface area contributed by atoms with Gasteiger partial charge in [0, 0.05) is 23.6 Å². The van der Waals surface area contributed by atoms with Crippen LogP contribution in [-0.4, -0.2) is 33.2 Å². The summed E-state index contributed by atoms with van der Waals surface area (Å²) in [7, 11) is 1.77. The zero-order valence-electron chi connectivity index (χ0n) is 12.2. The smallest absolute Gasteiger partial charge is 0.253 e. The van der Waals surface area contributed by atoms with Gasteiger partial charge in [-0.3, -0.25) is 9.89 Å². The highest BCUT2D eigenvalue weighted by atomic mass is 16.5. The first-order valence-corrected chi connectivity index (χ1v) is 6.66. The van der Waals surface area contributed by atoms with Crippen LogP contribution in [0.15, 0.2) is 28.9 Å². The topological polar surface area (TPSA) is 75.0 Å². The maximum Gasteiger partial charge on any atom is 0.253 e. The van der Waals surface area contributed by atoms with Crippen molar-refractivity contribution in [2.24, 2.45) is 0 Å². The number of H-pyrrole nitrogens is 1. The van der Waals surface area contributed by atoms with Crippen LogP contribution in [0.4, 0.5) is 0 Å². The number of amides is 1. The van der Waals surface area contributed by atoms with Crippen molar-refractivity contribution in [2.45, 2.75) is 20.4 Å². The van der Waals surface area contributed by atoms with Crippen molar-refractivity contribution in [1.29, 1.82) is 0 Å². The molecule has 108 valence electrons. The molecule has 0 aliphatic rings. The van der Waals surface area contributed by atoms with Crippen LogP contribution in [0, 0.1) is 13.8 Å². The molecule has 6 nitrogen and oxygen atoms in total. The van der Waals surface area contributed by atoms with E-state index in [1.54, 1.807) is 18.1 Å². The number of carbonyl (C=O) groups is 1. The van der Waals surface area contributed by atoms with Crippen molar-refractivity contribution in [3.8, 4) is 0 Å². The first-order valence-electron chi connectivity index (χ1n) is 6.66. The van der Waals surface area contributed by atoms with E-state index in [1.807, 2.05) is 32.0 Å². The van der Waals surface area contributed by atoms with E-state index in [9.17, 15) is 4.79 Å². The average molecular weight is 284 g/mol. The summed E-state index contributed by atoms with van der Waals surface area (Å²) in [6.45, 7) is 4.20. The van der Waals surface area contributed by atoms with E-state index in [0.717, 1.165) is 27.9 Å². The molecule has 1 aromatic carbocycles. The lowest BCUT2D eigenvalue weighted by molar-refractivity contribution is 0.0784. The molecule has 2 aromatic heterocycles. The van der Waals surface area contributed by atoms with E-state index in [0.29, 0.717) is 12.1 Å². The van der Waals surface area contributed by atoms with E-state index >= 15 is 0 Å². The van der Waals surface area contributed by atoms with Crippen LogP contribution < -0.4 is 0 Å². The van der Waals surface area contributed by atoms with Crippen molar-refractivity contribution in [2.75, 3.05) is 7.05 Å². The third-order valence-corrected chi connectivity index (χ3v) is 3.61. The predicted molar refractivity (Wildman–Crippen MR) is 77.9 cm³/mol. The Kier molecular flexibility index (Phi) is 3.21. The van der Waals surface area contributed by atoms with Gasteiger partial charge in [0.2, 0.25) is 0 Å². The number of benzene rings is 1. The molecule has 2 heterocycles. The fraction of sp³-hybridized carbons (Fsp3) is 0.267. The summed E-state index contributed by atoms with van der Waals surface area (Å²) < 4.78 is 5.13. The lowest BCUT2D eigenvalue weighted by atomic mass is 10.1. The SMILES string of the molecule is Cc1noc(C)c1CN(C)C(=O)c1ccc2cn[nH]c2c1. The van der Waals surface area contributed by atoms with Crippen LogP contribution in [0.25, 0.3) is 10.9 Å². The fourth-order valence-corrected chi connectivity index (χ4v) is 2.33. The van der Waals surface area contributed by atoms with Gasteiger partial charge in [-0.15, -0.1) is 0 Å². The number of aromatic nitrogens is 3. The molecule has 21 heavy (non-hydrogen) atoms. The largest absolute Gasteiger partial charge is 0.361 e. The maximum atomic E-state index is 12.5. The van der Waals surface area contributed by atoms with Gasteiger partial charge in [0.25, 0.3) is 5.91 Å². The molecule has 0 atom stereocenters. The lowest BCUT2D eigenvalue weighted by Crippen LogP contribution is -2.26. The van der Waals surface area contributed by atoms with Crippen LogP contribution in [0.5, 0.6) is 0 Å². The summed E-state index contributed by atoms with van der Waals surface area (Å²) in [6.07, 6.45) is 1.73. The Morgan fingerprint density at radius 1 is 1.38 bits per heavy atom. The normalized spacial score (nSPS) is 11.0. The Bertz CT molecular complexity index is 783. The lowest BCUT2D eigenvalue weighted by Gasteiger charge is -2.17. The number of aryl methyl sites for hydroxylation is 2. The van der Waals surface area contributed by atoms with Gasteiger partial charge >= 0.3 is 0 Å². The van der Waals surface area contributed by atoms with Gasteiger partial charge in [0.1, 0.15) is 5.76 Å². The second-order valence-corrected chi connectivity index (χ2v) is 5.14. The summed E-state index contributed by atoms with van der Waals surface area (Å²) in [5, 5.41) is 11.7. The molecule has 0 radical (unpaired) electrons. The number of nitrogens with one attached hydrogen (secondary N) is 1. The summed E-state index contributed by atoms with van der Waals surface area (Å²) >= 11 is 0. The van der Waals surface area contributed by atoms with E-state index in [1.165, 1.54) is 0 Å². The first kappa shape index (κ1) is 13.4. The van der Waals surface area contributed by atoms with Crippen molar-refractivity contribution in [3.63, 3.8) is 0 Å². The molecule has 0 aliphatic heterocycles. The van der Waals surface area contributed by atoms with Gasteiger partial charge in [-0.25, -0.2) is 0 Å². The quantitative estimate of drug-likeness (QED) is 0.801. The second-order valence-electron chi connectivity index (χ2n) is 5.14. The molecule has 0 saturated heterocycles. The number of carbonyl (C=O) groups excluding carboxylic acids is 1. The Hall–Kier alpha value is -2.63. The molecular weight excluding hydrogens is 268 g/mol. The first-order chi connectivity index (χ1) is 10.1. The molecule has 6 heteroatoms. The Balaban J connectivity index is 1.83. The van der Waals surface area contributed by atoms with Crippen LogP contribution in [0.2, 0.25) is 0 Å². The minimum Gasteiger partial charge on any atom is -0.361 e. The average Bonchev–Trinajstić information content (AvgIpc) is 3.07. The molecule has 3 aromatic rings. The third-order valence-electron chi connectivity index (χ3n) is 3.61. The van der Waals surface area contributed by atoms with E-state index in [-0.39, 0.29) is 5.91 Å². The molecule has 0 aliphatic carbocycles. The number of aromatic amines is 1. The van der Waals surface area contributed by atoms with Crippen LogP contribution in [0.1, 0.15) is 27.4 Å². The minimum absolute atomic E-state index is 0.0495. The molecule has 0 bridgehead atoms. The summed E-state index contributed by atoms with van der Waals surface area (Å²) in [4.78, 5) is 14.2. The van der Waals surface area contributed by atoms with E-state index < -0.39 is 0 Å². The maximum absolute atomic E-state index is 12.5. The zero-order valence-corrected chi connectivity index (χ0v) is 12.2. The van der Waals surface area contributed by atoms with Gasteiger partial charge in [-0.1, -0.05) is 11.2 Å². The van der Waals surface area contributed by atoms with E-state index in [4.69, 9.17) is 4.52 Å². The standard InChI is InChI=1S/C15H16N4O2/c1-9-13(10(2)21-18-9)8-19(3)15(20)11-4-5-12-7-16-17-14(12)6-11/h4-7H,8H2,1-3H3,(H,16,17). The number of fused-ring (bicyclic) bond motifs is 1. The number of nitrogens with zero attached hydrogens (tertiary/aromatic N) is 3. The minimum atomic E-state index is -0.0495. The molecule has 0 fully saturated rings. The van der Waals surface area contributed by atoms with E-state index in [2.05, 4.69) is 15.4 Å². The van der Waals surface area contributed by atoms with Gasteiger partial charge in [0.05, 0.1) is 24.0 Å². The van der Waals surface area contributed by atoms with Crippen molar-refractivity contribution < 1.29 is 9.32 Å². The Morgan fingerprint density at radius 2 is 2.19 bits per heavy atom. The van der Waals surface area contributed by atoms with Gasteiger partial charge in [-0.2, -0.15) is 5.10 Å². The highest BCUT2D eigenvalue weighted by molar-refractivity contribution is 5.97. The molecule has 1 N–H and O–H groups in total. The Labute approximate surface area is 121 Å². The summed E-state index contributed by atoms with van der Waals surface area (Å²) in [6, 6.07) is 5.51. The van der Waals surface area contributed by atoms with Gasteiger partial charge < -0.3 is 9.42 Å².